The van der Waals surface area contributed by atoms with E-state index in [0.29, 0.717) is 11.7 Å². The van der Waals surface area contributed by atoms with Crippen LogP contribution in [0, 0.1) is 5.92 Å². The number of hydrogen-bond acceptors (Lipinski definition) is 2. The number of carbonyl (C=O) groups is 1. The molecule has 0 unspecified atom stereocenters. The zero-order valence-electron chi connectivity index (χ0n) is 11.6. The van der Waals surface area contributed by atoms with Crippen molar-refractivity contribution in [1.29, 1.82) is 0 Å². The molecule has 3 heteroatoms. The minimum Gasteiger partial charge on any atom is -0.617 e. The van der Waals surface area contributed by atoms with Gasteiger partial charge in [0.2, 0.25) is 0 Å². The molecule has 0 bridgehead atoms. The Bertz CT molecular complexity index is 382. The van der Waals surface area contributed by atoms with E-state index in [0.717, 1.165) is 12.0 Å². The predicted molar refractivity (Wildman–Crippen MR) is 77.3 cm³/mol. The summed E-state index contributed by atoms with van der Waals surface area (Å²) in [7, 11) is 0. The molecule has 0 spiro atoms. The van der Waals surface area contributed by atoms with Crippen LogP contribution in [-0.4, -0.2) is 22.3 Å². The molecule has 0 saturated heterocycles. The van der Waals surface area contributed by atoms with Gasteiger partial charge in [0.1, 0.15) is 11.5 Å². The van der Waals surface area contributed by atoms with Gasteiger partial charge in [-0.25, -0.2) is 0 Å². The van der Waals surface area contributed by atoms with Crippen molar-refractivity contribution >= 4 is 17.0 Å². The van der Waals surface area contributed by atoms with Gasteiger partial charge < -0.3 is 4.55 Å². The van der Waals surface area contributed by atoms with E-state index in [1.165, 1.54) is 5.56 Å². The van der Waals surface area contributed by atoms with Crippen LogP contribution < -0.4 is 0 Å². The highest BCUT2D eigenvalue weighted by molar-refractivity contribution is 7.90. The van der Waals surface area contributed by atoms with Crippen molar-refractivity contribution in [3.8, 4) is 0 Å². The van der Waals surface area contributed by atoms with E-state index in [1.54, 1.807) is 13.2 Å². The first kappa shape index (κ1) is 15.3. The van der Waals surface area contributed by atoms with Gasteiger partial charge >= 0.3 is 0 Å². The fourth-order valence-corrected chi connectivity index (χ4v) is 2.94. The van der Waals surface area contributed by atoms with Gasteiger partial charge in [0.25, 0.3) is 0 Å². The van der Waals surface area contributed by atoms with Gasteiger partial charge in [-0.2, -0.15) is 0 Å². The van der Waals surface area contributed by atoms with Gasteiger partial charge in [0.15, 0.2) is 0 Å². The molecule has 0 fully saturated rings. The van der Waals surface area contributed by atoms with Crippen molar-refractivity contribution in [3.05, 3.63) is 35.4 Å². The van der Waals surface area contributed by atoms with Crippen molar-refractivity contribution in [2.45, 2.75) is 33.1 Å². The van der Waals surface area contributed by atoms with Crippen molar-refractivity contribution in [3.63, 3.8) is 0 Å². The number of benzene rings is 1. The fourth-order valence-electron chi connectivity index (χ4n) is 2.04. The molecule has 0 heterocycles. The molecule has 0 N–H and O–H groups in total. The summed E-state index contributed by atoms with van der Waals surface area (Å²) in [5, 5.41) is 0. The lowest BCUT2D eigenvalue weighted by Gasteiger charge is -2.15. The van der Waals surface area contributed by atoms with Crippen molar-refractivity contribution in [2.24, 2.45) is 5.92 Å². The molecule has 0 aliphatic carbocycles. The quantitative estimate of drug-likeness (QED) is 0.743. The van der Waals surface area contributed by atoms with E-state index in [4.69, 9.17) is 0 Å². The first-order chi connectivity index (χ1) is 8.40. The van der Waals surface area contributed by atoms with E-state index in [-0.39, 0.29) is 11.7 Å². The highest BCUT2D eigenvalue weighted by Gasteiger charge is 2.21. The molecule has 18 heavy (non-hydrogen) atoms. The molecule has 0 radical (unpaired) electrons. The molecule has 1 aromatic rings. The lowest BCUT2D eigenvalue weighted by molar-refractivity contribution is -0.118. The Morgan fingerprint density at radius 3 is 2.22 bits per heavy atom. The third-order valence-electron chi connectivity index (χ3n) is 2.92. The zero-order chi connectivity index (χ0) is 13.7. The molecule has 0 aliphatic heterocycles. The van der Waals surface area contributed by atoms with Crippen LogP contribution in [0.3, 0.4) is 0 Å². The standard InChI is InChI=1S/C15H22O2S/c1-11(2)9-13-5-7-14(8-6-13)15(12(3)16)10-18(4)17/h5-8,11,15H,9-10H2,1-4H3/t15-,18-/m0/s1. The summed E-state index contributed by atoms with van der Waals surface area (Å²) in [5.41, 5.74) is 2.26. The second-order valence-electron chi connectivity index (χ2n) is 5.24. The van der Waals surface area contributed by atoms with Gasteiger partial charge in [-0.15, -0.1) is 0 Å². The summed E-state index contributed by atoms with van der Waals surface area (Å²) in [4.78, 5) is 11.6. The van der Waals surface area contributed by atoms with E-state index < -0.39 is 11.2 Å². The third kappa shape index (κ3) is 4.83. The second kappa shape index (κ2) is 6.95. The van der Waals surface area contributed by atoms with Crippen LogP contribution >= 0.6 is 0 Å². The molecule has 0 saturated carbocycles. The van der Waals surface area contributed by atoms with E-state index in [2.05, 4.69) is 26.0 Å². The number of Topliss-reactive ketones (excluding diaryl/α,β-unsaturated/α-hetero) is 1. The van der Waals surface area contributed by atoms with Crippen LogP contribution in [0.5, 0.6) is 0 Å². The van der Waals surface area contributed by atoms with Gasteiger partial charge in [0.05, 0.1) is 12.2 Å². The lowest BCUT2D eigenvalue weighted by atomic mass is 9.94. The molecular formula is C15H22O2S. The second-order valence-corrected chi connectivity index (χ2v) is 6.72. The Labute approximate surface area is 113 Å². The topological polar surface area (TPSA) is 40.1 Å². The minimum atomic E-state index is -0.952. The Morgan fingerprint density at radius 2 is 1.83 bits per heavy atom. The van der Waals surface area contributed by atoms with E-state index in [1.807, 2.05) is 12.1 Å². The van der Waals surface area contributed by atoms with Gasteiger partial charge in [-0.1, -0.05) is 49.3 Å². The van der Waals surface area contributed by atoms with Crippen LogP contribution in [0.4, 0.5) is 0 Å². The maximum atomic E-state index is 11.6. The van der Waals surface area contributed by atoms with Crippen molar-refractivity contribution in [2.75, 3.05) is 12.0 Å². The summed E-state index contributed by atoms with van der Waals surface area (Å²) in [5.74, 6) is 0.895. The zero-order valence-corrected chi connectivity index (χ0v) is 12.4. The number of ketones is 1. The lowest BCUT2D eigenvalue weighted by Crippen LogP contribution is -2.19. The van der Waals surface area contributed by atoms with Gasteiger partial charge in [-0.05, 0) is 30.4 Å². The van der Waals surface area contributed by atoms with Crippen molar-refractivity contribution < 1.29 is 9.35 Å². The predicted octanol–water partition coefficient (Wildman–Crippen LogP) is 2.94. The SMILES string of the molecule is CC(=O)[C@H](C[S@+](C)[O-])c1ccc(CC(C)C)cc1. The van der Waals surface area contributed by atoms with Crippen LogP contribution in [0.1, 0.15) is 37.8 Å². The number of carbonyl (C=O) groups excluding carboxylic acids is 1. The van der Waals surface area contributed by atoms with Crippen LogP contribution in [0.2, 0.25) is 0 Å². The molecule has 1 aromatic carbocycles. The molecule has 100 valence electrons. The summed E-state index contributed by atoms with van der Waals surface area (Å²) in [6, 6.07) is 8.14. The highest BCUT2D eigenvalue weighted by Crippen LogP contribution is 2.20. The normalized spacial score (nSPS) is 14.6. The van der Waals surface area contributed by atoms with E-state index in [9.17, 15) is 9.35 Å². The Balaban J connectivity index is 2.83. The molecular weight excluding hydrogens is 244 g/mol. The molecule has 0 amide bonds. The third-order valence-corrected chi connectivity index (χ3v) is 3.72. The van der Waals surface area contributed by atoms with Crippen molar-refractivity contribution in [1.82, 2.24) is 0 Å². The fraction of sp³-hybridized carbons (Fsp3) is 0.533. The monoisotopic (exact) mass is 266 g/mol. The number of rotatable bonds is 6. The molecule has 2 atom stereocenters. The van der Waals surface area contributed by atoms with Crippen LogP contribution in [0.15, 0.2) is 24.3 Å². The van der Waals surface area contributed by atoms with Crippen LogP contribution in [0.25, 0.3) is 0 Å². The molecule has 0 aromatic heterocycles. The first-order valence-electron chi connectivity index (χ1n) is 6.29. The maximum Gasteiger partial charge on any atom is 0.142 e. The minimum absolute atomic E-state index is 0.0850. The summed E-state index contributed by atoms with van der Waals surface area (Å²) >= 11 is -0.952. The molecule has 1 rings (SSSR count). The molecule has 2 nitrogen and oxygen atoms in total. The Morgan fingerprint density at radius 1 is 1.28 bits per heavy atom. The summed E-state index contributed by atoms with van der Waals surface area (Å²) < 4.78 is 11.3. The summed E-state index contributed by atoms with van der Waals surface area (Å²) in [6.07, 6.45) is 2.69. The average molecular weight is 266 g/mol. The van der Waals surface area contributed by atoms with Crippen LogP contribution in [-0.2, 0) is 22.4 Å². The first-order valence-corrected chi connectivity index (χ1v) is 8.02. The number of hydrogen-bond donors (Lipinski definition) is 0. The molecule has 0 aliphatic rings. The Hall–Kier alpha value is -0.800. The van der Waals surface area contributed by atoms with Gasteiger partial charge in [-0.3, -0.25) is 4.79 Å². The highest BCUT2D eigenvalue weighted by atomic mass is 32.2. The summed E-state index contributed by atoms with van der Waals surface area (Å²) in [6.45, 7) is 5.94. The Kier molecular flexibility index (Phi) is 5.89. The average Bonchev–Trinajstić information content (AvgIpc) is 2.26. The largest absolute Gasteiger partial charge is 0.617 e. The van der Waals surface area contributed by atoms with Gasteiger partial charge in [0, 0.05) is 0 Å². The van der Waals surface area contributed by atoms with E-state index >= 15 is 0 Å². The smallest absolute Gasteiger partial charge is 0.142 e. The maximum absolute atomic E-state index is 11.6.